The molecule has 0 saturated carbocycles. The van der Waals surface area contributed by atoms with Crippen LogP contribution in [0.1, 0.15) is 12.6 Å². The van der Waals surface area contributed by atoms with Crippen LogP contribution in [0.25, 0.3) is 6.08 Å². The summed E-state index contributed by atoms with van der Waals surface area (Å²) in [5, 5.41) is 2.40. The van der Waals surface area contributed by atoms with Crippen molar-refractivity contribution < 1.29 is 14.3 Å². The second-order valence-corrected chi connectivity index (χ2v) is 3.16. The number of nitrogens with zero attached hydrogens (tertiary/aromatic N) is 2. The number of imidazole rings is 1. The van der Waals surface area contributed by atoms with Crippen LogP contribution in [0.15, 0.2) is 18.2 Å². The number of hydrogen-bond donors (Lipinski definition) is 1. The molecule has 1 heterocycles. The van der Waals surface area contributed by atoms with Crippen molar-refractivity contribution in [1.29, 1.82) is 0 Å². The predicted octanol–water partition coefficient (Wildman–Crippen LogP) is 0.0701. The molecule has 0 aliphatic carbocycles. The number of carbonyl (C=O) groups is 2. The number of nitrogens with one attached hydrogen (secondary N) is 1. The Morgan fingerprint density at radius 3 is 2.69 bits per heavy atom. The zero-order chi connectivity index (χ0) is 12.1. The lowest BCUT2D eigenvalue weighted by atomic mass is 10.3. The SMILES string of the molecule is COC(=O)/C(=C/c1cncn1C)NC(C)=O. The molecule has 86 valence electrons. The highest BCUT2D eigenvalue weighted by molar-refractivity contribution is 5.97. The molecule has 0 aliphatic rings. The molecule has 0 aliphatic heterocycles. The molecule has 6 heteroatoms. The number of aromatic nitrogens is 2. The lowest BCUT2D eigenvalue weighted by Crippen LogP contribution is -2.25. The van der Waals surface area contributed by atoms with Gasteiger partial charge in [0.2, 0.25) is 5.91 Å². The van der Waals surface area contributed by atoms with Gasteiger partial charge in [-0.05, 0) is 6.08 Å². The summed E-state index contributed by atoms with van der Waals surface area (Å²) in [4.78, 5) is 26.1. The van der Waals surface area contributed by atoms with Gasteiger partial charge in [-0.1, -0.05) is 0 Å². The van der Waals surface area contributed by atoms with E-state index in [0.717, 1.165) is 0 Å². The number of amides is 1. The number of hydrogen-bond acceptors (Lipinski definition) is 4. The summed E-state index contributed by atoms with van der Waals surface area (Å²) in [7, 11) is 3.03. The number of esters is 1. The Morgan fingerprint density at radius 2 is 2.25 bits per heavy atom. The highest BCUT2D eigenvalue weighted by Gasteiger charge is 2.11. The van der Waals surface area contributed by atoms with Gasteiger partial charge < -0.3 is 14.6 Å². The molecule has 0 atom stereocenters. The minimum Gasteiger partial charge on any atom is -0.464 e. The van der Waals surface area contributed by atoms with Crippen molar-refractivity contribution in [3.05, 3.63) is 23.9 Å². The number of aryl methyl sites for hydroxylation is 1. The fourth-order valence-electron chi connectivity index (χ4n) is 1.10. The van der Waals surface area contributed by atoms with E-state index in [-0.39, 0.29) is 11.6 Å². The summed E-state index contributed by atoms with van der Waals surface area (Å²) in [6.45, 7) is 1.32. The molecule has 16 heavy (non-hydrogen) atoms. The van der Waals surface area contributed by atoms with Crippen molar-refractivity contribution in [3.8, 4) is 0 Å². The lowest BCUT2D eigenvalue weighted by molar-refractivity contribution is -0.137. The number of rotatable bonds is 3. The first-order chi connectivity index (χ1) is 7.54. The largest absolute Gasteiger partial charge is 0.464 e. The van der Waals surface area contributed by atoms with Gasteiger partial charge in [-0.25, -0.2) is 9.78 Å². The fraction of sp³-hybridized carbons (Fsp3) is 0.300. The topological polar surface area (TPSA) is 73.2 Å². The number of ether oxygens (including phenoxy) is 1. The molecule has 0 fully saturated rings. The van der Waals surface area contributed by atoms with Gasteiger partial charge in [0, 0.05) is 14.0 Å². The minimum absolute atomic E-state index is 0.0820. The second kappa shape index (κ2) is 5.11. The molecule has 0 saturated heterocycles. The first kappa shape index (κ1) is 12.0. The number of methoxy groups -OCH3 is 1. The Labute approximate surface area is 92.9 Å². The molecule has 6 nitrogen and oxygen atoms in total. The van der Waals surface area contributed by atoms with Gasteiger partial charge in [0.1, 0.15) is 5.70 Å². The Balaban J connectivity index is 3.01. The van der Waals surface area contributed by atoms with Crippen molar-refractivity contribution in [2.24, 2.45) is 7.05 Å². The molecule has 0 bridgehead atoms. The van der Waals surface area contributed by atoms with Crippen molar-refractivity contribution in [1.82, 2.24) is 14.9 Å². The highest BCUT2D eigenvalue weighted by Crippen LogP contribution is 2.04. The van der Waals surface area contributed by atoms with Gasteiger partial charge in [0.15, 0.2) is 0 Å². The Kier molecular flexibility index (Phi) is 3.82. The van der Waals surface area contributed by atoms with Gasteiger partial charge in [0.25, 0.3) is 0 Å². The van der Waals surface area contributed by atoms with Crippen LogP contribution in [0.5, 0.6) is 0 Å². The molecule has 0 unspecified atom stereocenters. The third-order valence-electron chi connectivity index (χ3n) is 1.86. The van der Waals surface area contributed by atoms with Crippen molar-refractivity contribution in [2.75, 3.05) is 7.11 Å². The minimum atomic E-state index is -0.601. The standard InChI is InChI=1S/C10H13N3O3/c1-7(14)12-9(10(15)16-3)4-8-5-11-6-13(8)2/h4-6H,1-3H3,(H,12,14)/b9-4-. The maximum atomic E-state index is 11.4. The zero-order valence-electron chi connectivity index (χ0n) is 9.35. The molecule has 0 aromatic carbocycles. The molecule has 0 radical (unpaired) electrons. The molecular weight excluding hydrogens is 210 g/mol. The summed E-state index contributed by atoms with van der Waals surface area (Å²) in [5.41, 5.74) is 0.771. The van der Waals surface area contributed by atoms with Crippen molar-refractivity contribution >= 4 is 18.0 Å². The van der Waals surface area contributed by atoms with Crippen LogP contribution in [0, 0.1) is 0 Å². The van der Waals surface area contributed by atoms with Crippen LogP contribution in [0.3, 0.4) is 0 Å². The Morgan fingerprint density at radius 1 is 1.56 bits per heavy atom. The van der Waals surface area contributed by atoms with Crippen LogP contribution in [0.2, 0.25) is 0 Å². The molecule has 1 amide bonds. The summed E-state index contributed by atoms with van der Waals surface area (Å²) >= 11 is 0. The monoisotopic (exact) mass is 223 g/mol. The molecule has 1 aromatic rings. The third kappa shape index (κ3) is 2.94. The van der Waals surface area contributed by atoms with E-state index in [1.54, 1.807) is 24.1 Å². The normalized spacial score (nSPS) is 11.1. The average molecular weight is 223 g/mol. The van der Waals surface area contributed by atoms with E-state index in [0.29, 0.717) is 5.69 Å². The average Bonchev–Trinajstić information content (AvgIpc) is 2.61. The van der Waals surface area contributed by atoms with E-state index in [1.807, 2.05) is 0 Å². The smallest absolute Gasteiger partial charge is 0.354 e. The fourth-order valence-corrected chi connectivity index (χ4v) is 1.10. The van der Waals surface area contributed by atoms with Crippen LogP contribution >= 0.6 is 0 Å². The molecule has 0 spiro atoms. The van der Waals surface area contributed by atoms with E-state index in [9.17, 15) is 9.59 Å². The first-order valence-corrected chi connectivity index (χ1v) is 4.58. The van der Waals surface area contributed by atoms with E-state index in [4.69, 9.17) is 0 Å². The zero-order valence-corrected chi connectivity index (χ0v) is 9.35. The van der Waals surface area contributed by atoms with E-state index in [2.05, 4.69) is 15.0 Å². The summed E-state index contributed by atoms with van der Waals surface area (Å²) in [6.07, 6.45) is 4.67. The highest BCUT2D eigenvalue weighted by atomic mass is 16.5. The molecule has 1 rings (SSSR count). The Bertz CT molecular complexity index is 434. The first-order valence-electron chi connectivity index (χ1n) is 4.58. The van der Waals surface area contributed by atoms with Crippen LogP contribution in [0.4, 0.5) is 0 Å². The van der Waals surface area contributed by atoms with Crippen LogP contribution in [-0.2, 0) is 21.4 Å². The molecule has 1 aromatic heterocycles. The van der Waals surface area contributed by atoms with Crippen molar-refractivity contribution in [3.63, 3.8) is 0 Å². The third-order valence-corrected chi connectivity index (χ3v) is 1.86. The number of carbonyl (C=O) groups excluding carboxylic acids is 2. The van der Waals surface area contributed by atoms with E-state index in [1.165, 1.54) is 20.1 Å². The van der Waals surface area contributed by atoms with Crippen LogP contribution < -0.4 is 5.32 Å². The summed E-state index contributed by atoms with van der Waals surface area (Å²) < 4.78 is 6.26. The second-order valence-electron chi connectivity index (χ2n) is 3.16. The van der Waals surface area contributed by atoms with Gasteiger partial charge in [0.05, 0.1) is 25.3 Å². The quantitative estimate of drug-likeness (QED) is 0.581. The van der Waals surface area contributed by atoms with E-state index >= 15 is 0 Å². The summed E-state index contributed by atoms with van der Waals surface area (Å²) in [5.74, 6) is -0.935. The Hall–Kier alpha value is -2.11. The molecular formula is C10H13N3O3. The van der Waals surface area contributed by atoms with Gasteiger partial charge in [-0.15, -0.1) is 0 Å². The van der Waals surface area contributed by atoms with Gasteiger partial charge in [-0.3, -0.25) is 4.79 Å². The van der Waals surface area contributed by atoms with Gasteiger partial charge in [-0.2, -0.15) is 0 Å². The van der Waals surface area contributed by atoms with Crippen molar-refractivity contribution in [2.45, 2.75) is 6.92 Å². The van der Waals surface area contributed by atoms with Gasteiger partial charge >= 0.3 is 5.97 Å². The van der Waals surface area contributed by atoms with Crippen LogP contribution in [-0.4, -0.2) is 28.5 Å². The lowest BCUT2D eigenvalue weighted by Gasteiger charge is -2.05. The summed E-state index contributed by atoms with van der Waals surface area (Å²) in [6, 6.07) is 0. The van der Waals surface area contributed by atoms with E-state index < -0.39 is 5.97 Å². The molecule has 1 N–H and O–H groups in total. The maximum absolute atomic E-state index is 11.4. The predicted molar refractivity (Wildman–Crippen MR) is 57.0 cm³/mol. The maximum Gasteiger partial charge on any atom is 0.354 e.